The Morgan fingerprint density at radius 3 is 2.43 bits per heavy atom. The number of rotatable bonds is 6. The number of ether oxygens (including phenoxy) is 1. The van der Waals surface area contributed by atoms with Crippen molar-refractivity contribution in [3.8, 4) is 5.75 Å². The van der Waals surface area contributed by atoms with Crippen LogP contribution in [0.2, 0.25) is 0 Å². The third-order valence-corrected chi connectivity index (χ3v) is 6.07. The molecule has 0 radical (unpaired) electrons. The number of ketones is 1. The minimum absolute atomic E-state index is 0.0840. The highest BCUT2D eigenvalue weighted by Crippen LogP contribution is 2.30. The van der Waals surface area contributed by atoms with Gasteiger partial charge >= 0.3 is 0 Å². The number of benzene rings is 1. The summed E-state index contributed by atoms with van der Waals surface area (Å²) in [5.41, 5.74) is -0.467. The number of carbonyl (C=O) groups is 3. The van der Waals surface area contributed by atoms with E-state index in [9.17, 15) is 23.2 Å². The van der Waals surface area contributed by atoms with E-state index in [-0.39, 0.29) is 36.2 Å². The summed E-state index contributed by atoms with van der Waals surface area (Å²) in [5, 5.41) is 2.76. The zero-order valence-electron chi connectivity index (χ0n) is 17.5. The van der Waals surface area contributed by atoms with Gasteiger partial charge in [0, 0.05) is 49.9 Å². The molecule has 30 heavy (non-hydrogen) atoms. The molecule has 2 saturated heterocycles. The number of anilines is 1. The molecule has 0 aromatic heterocycles. The van der Waals surface area contributed by atoms with Gasteiger partial charge < -0.3 is 19.9 Å². The largest absolute Gasteiger partial charge is 0.493 e. The quantitative estimate of drug-likeness (QED) is 0.707. The number of methoxy groups -OCH3 is 1. The van der Waals surface area contributed by atoms with Gasteiger partial charge in [0.2, 0.25) is 17.6 Å². The summed E-state index contributed by atoms with van der Waals surface area (Å²) in [6.07, 6.45) is 0.583. The van der Waals surface area contributed by atoms with Crippen LogP contribution in [0.5, 0.6) is 5.75 Å². The van der Waals surface area contributed by atoms with E-state index < -0.39 is 23.1 Å². The highest BCUT2D eigenvalue weighted by Gasteiger charge is 2.46. The molecule has 0 unspecified atom stereocenters. The van der Waals surface area contributed by atoms with Crippen molar-refractivity contribution in [1.29, 1.82) is 0 Å². The molecule has 0 spiro atoms. The normalized spacial score (nSPS) is 22.8. The average Bonchev–Trinajstić information content (AvgIpc) is 3.02. The van der Waals surface area contributed by atoms with Crippen LogP contribution in [0.15, 0.2) is 12.1 Å². The number of Topliss-reactive ketones (excluding diaryl/α,β-unsaturated/α-hetero) is 1. The molecule has 1 N–H and O–H groups in total. The predicted molar refractivity (Wildman–Crippen MR) is 106 cm³/mol. The summed E-state index contributed by atoms with van der Waals surface area (Å²) in [6, 6.07) is 2.56. The van der Waals surface area contributed by atoms with Gasteiger partial charge in [0.1, 0.15) is 0 Å². The van der Waals surface area contributed by atoms with Gasteiger partial charge in [-0.25, -0.2) is 4.39 Å². The molecule has 0 aliphatic carbocycles. The predicted octanol–water partition coefficient (Wildman–Crippen LogP) is 1.89. The topological polar surface area (TPSA) is 79.0 Å². The van der Waals surface area contributed by atoms with Crippen LogP contribution >= 0.6 is 0 Å². The van der Waals surface area contributed by atoms with E-state index in [1.165, 1.54) is 13.2 Å². The van der Waals surface area contributed by atoms with Gasteiger partial charge in [-0.3, -0.25) is 14.4 Å². The average molecular weight is 423 g/mol. The molecule has 0 saturated carbocycles. The Balaban J connectivity index is 1.62. The Morgan fingerprint density at radius 2 is 1.90 bits per heavy atom. The molecule has 7 nitrogen and oxygen atoms in total. The van der Waals surface area contributed by atoms with E-state index in [1.807, 2.05) is 11.8 Å². The first kappa shape index (κ1) is 22.0. The summed E-state index contributed by atoms with van der Waals surface area (Å²) in [7, 11) is 1.28. The van der Waals surface area contributed by atoms with Crippen LogP contribution in [-0.2, 0) is 14.4 Å². The fourth-order valence-corrected chi connectivity index (χ4v) is 4.28. The molecule has 2 amide bonds. The maximum Gasteiger partial charge on any atom is 0.228 e. The SMILES string of the molecule is CC[C@]1(C[C@H](C)C(=O)N2CCN(c3cc(F)c(F)c(OC)c3)CC2)NC(=O)CC1=O. The van der Waals surface area contributed by atoms with Crippen LogP contribution in [0, 0.1) is 17.6 Å². The fourth-order valence-electron chi connectivity index (χ4n) is 4.28. The molecule has 2 heterocycles. The molecule has 3 rings (SSSR count). The van der Waals surface area contributed by atoms with Gasteiger partial charge in [0.25, 0.3) is 0 Å². The van der Waals surface area contributed by atoms with Gasteiger partial charge in [-0.15, -0.1) is 0 Å². The van der Waals surface area contributed by atoms with Crippen molar-refractivity contribution in [3.63, 3.8) is 0 Å². The minimum Gasteiger partial charge on any atom is -0.493 e. The first-order valence-electron chi connectivity index (χ1n) is 10.1. The second-order valence-electron chi connectivity index (χ2n) is 7.95. The number of hydrogen-bond donors (Lipinski definition) is 1. The molecular weight excluding hydrogens is 396 g/mol. The zero-order valence-corrected chi connectivity index (χ0v) is 17.5. The lowest BCUT2D eigenvalue weighted by molar-refractivity contribution is -0.136. The van der Waals surface area contributed by atoms with Gasteiger partial charge in [-0.2, -0.15) is 4.39 Å². The van der Waals surface area contributed by atoms with Crippen LogP contribution in [0.4, 0.5) is 14.5 Å². The number of carbonyl (C=O) groups excluding carboxylic acids is 3. The zero-order chi connectivity index (χ0) is 22.1. The first-order valence-corrected chi connectivity index (χ1v) is 10.1. The number of halogens is 2. The summed E-state index contributed by atoms with van der Waals surface area (Å²) in [5.74, 6) is -3.14. The summed E-state index contributed by atoms with van der Waals surface area (Å²) >= 11 is 0. The standard InChI is InChI=1S/C21H27F2N3O4/c1-4-21(17(27)11-18(28)24-21)12-13(2)20(29)26-7-5-25(6-8-26)14-9-15(22)19(23)16(10-14)30-3/h9-10,13H,4-8,11-12H2,1-3H3,(H,24,28)/t13-,21+/m0/s1. The Bertz CT molecular complexity index is 855. The van der Waals surface area contributed by atoms with E-state index in [0.717, 1.165) is 6.07 Å². The van der Waals surface area contributed by atoms with Gasteiger partial charge in [0.05, 0.1) is 19.1 Å². The van der Waals surface area contributed by atoms with Crippen molar-refractivity contribution in [2.75, 3.05) is 38.2 Å². The van der Waals surface area contributed by atoms with Crippen LogP contribution in [0.1, 0.15) is 33.1 Å². The number of nitrogens with zero attached hydrogens (tertiary/aromatic N) is 2. The van der Waals surface area contributed by atoms with Gasteiger partial charge in [-0.1, -0.05) is 13.8 Å². The fraction of sp³-hybridized carbons (Fsp3) is 0.571. The Morgan fingerprint density at radius 1 is 1.23 bits per heavy atom. The molecule has 2 aliphatic heterocycles. The Hall–Kier alpha value is -2.71. The van der Waals surface area contributed by atoms with Crippen molar-refractivity contribution in [3.05, 3.63) is 23.8 Å². The second kappa shape index (κ2) is 8.57. The number of amides is 2. The summed E-state index contributed by atoms with van der Waals surface area (Å²) < 4.78 is 32.4. The van der Waals surface area contributed by atoms with Crippen molar-refractivity contribution < 1.29 is 27.9 Å². The Labute approximate surface area is 174 Å². The lowest BCUT2D eigenvalue weighted by Crippen LogP contribution is -2.53. The summed E-state index contributed by atoms with van der Waals surface area (Å²) in [4.78, 5) is 40.5. The lowest BCUT2D eigenvalue weighted by Gasteiger charge is -2.38. The third-order valence-electron chi connectivity index (χ3n) is 6.07. The van der Waals surface area contributed by atoms with Crippen LogP contribution in [-0.4, -0.2) is 61.3 Å². The van der Waals surface area contributed by atoms with Crippen LogP contribution in [0.3, 0.4) is 0 Å². The molecule has 164 valence electrons. The van der Waals surface area contributed by atoms with E-state index in [4.69, 9.17) is 4.74 Å². The van der Waals surface area contributed by atoms with Gasteiger partial charge in [-0.05, 0) is 12.8 Å². The smallest absolute Gasteiger partial charge is 0.228 e. The minimum atomic E-state index is -1.03. The molecule has 1 aromatic rings. The second-order valence-corrected chi connectivity index (χ2v) is 7.95. The lowest BCUT2D eigenvalue weighted by atomic mass is 9.83. The van der Waals surface area contributed by atoms with Crippen molar-refractivity contribution in [2.45, 2.75) is 38.6 Å². The van der Waals surface area contributed by atoms with E-state index in [2.05, 4.69) is 5.32 Å². The molecule has 2 aliphatic rings. The van der Waals surface area contributed by atoms with Crippen molar-refractivity contribution >= 4 is 23.3 Å². The molecule has 2 fully saturated rings. The number of nitrogens with one attached hydrogen (secondary N) is 1. The molecule has 1 aromatic carbocycles. The van der Waals surface area contributed by atoms with Crippen LogP contribution < -0.4 is 15.0 Å². The molecule has 2 atom stereocenters. The molecular formula is C21H27F2N3O4. The number of piperazine rings is 1. The van der Waals surface area contributed by atoms with E-state index >= 15 is 0 Å². The monoisotopic (exact) mass is 423 g/mol. The maximum absolute atomic E-state index is 13.8. The highest BCUT2D eigenvalue weighted by atomic mass is 19.2. The third kappa shape index (κ3) is 4.11. The Kier molecular flexibility index (Phi) is 6.28. The highest BCUT2D eigenvalue weighted by molar-refractivity contribution is 6.10. The first-order chi connectivity index (χ1) is 14.2. The molecule has 0 bridgehead atoms. The van der Waals surface area contributed by atoms with Gasteiger partial charge in [0.15, 0.2) is 17.3 Å². The van der Waals surface area contributed by atoms with Crippen LogP contribution in [0.25, 0.3) is 0 Å². The maximum atomic E-state index is 13.8. The van der Waals surface area contributed by atoms with Crippen molar-refractivity contribution in [2.24, 2.45) is 5.92 Å². The molecule has 9 heteroatoms. The van der Waals surface area contributed by atoms with E-state index in [0.29, 0.717) is 38.3 Å². The number of hydrogen-bond acceptors (Lipinski definition) is 5. The van der Waals surface area contributed by atoms with Crippen molar-refractivity contribution in [1.82, 2.24) is 10.2 Å². The summed E-state index contributed by atoms with van der Waals surface area (Å²) in [6.45, 7) is 5.36. The van der Waals surface area contributed by atoms with E-state index in [1.54, 1.807) is 11.8 Å².